The Labute approximate surface area is 100 Å². The van der Waals surface area contributed by atoms with Crippen molar-refractivity contribution in [1.29, 1.82) is 0 Å². The molecule has 0 aliphatic rings. The van der Waals surface area contributed by atoms with Gasteiger partial charge in [0.05, 0.1) is 5.52 Å². The standard InChI is InChI=1S/C13H16FN3/c1-4-13(2,3)17-12-10-7-9(14)5-6-11(10)15-8-16-12/h5-8H,4H2,1-3H3,(H,15,16,17). The lowest BCUT2D eigenvalue weighted by Gasteiger charge is -2.25. The maximum atomic E-state index is 13.2. The number of fused-ring (bicyclic) bond motifs is 1. The number of hydrogen-bond acceptors (Lipinski definition) is 3. The topological polar surface area (TPSA) is 37.8 Å². The molecule has 0 aliphatic heterocycles. The summed E-state index contributed by atoms with van der Waals surface area (Å²) in [5.41, 5.74) is 0.670. The van der Waals surface area contributed by atoms with Gasteiger partial charge >= 0.3 is 0 Å². The van der Waals surface area contributed by atoms with E-state index >= 15 is 0 Å². The van der Waals surface area contributed by atoms with Crippen LogP contribution >= 0.6 is 0 Å². The molecule has 0 fully saturated rings. The average molecular weight is 233 g/mol. The highest BCUT2D eigenvalue weighted by Crippen LogP contribution is 2.24. The molecule has 0 radical (unpaired) electrons. The number of hydrogen-bond donors (Lipinski definition) is 1. The van der Waals surface area contributed by atoms with Crippen LogP contribution in [-0.2, 0) is 0 Å². The Balaban J connectivity index is 2.50. The maximum absolute atomic E-state index is 13.2. The third-order valence-electron chi connectivity index (χ3n) is 2.94. The van der Waals surface area contributed by atoms with E-state index in [0.717, 1.165) is 11.9 Å². The minimum absolute atomic E-state index is 0.0758. The van der Waals surface area contributed by atoms with Crippen LogP contribution in [0.15, 0.2) is 24.5 Å². The van der Waals surface area contributed by atoms with Crippen molar-refractivity contribution < 1.29 is 4.39 Å². The van der Waals surface area contributed by atoms with Gasteiger partial charge in [0.1, 0.15) is 18.0 Å². The molecule has 1 aromatic heterocycles. The molecule has 2 aromatic rings. The van der Waals surface area contributed by atoms with E-state index in [2.05, 4.69) is 36.1 Å². The lowest BCUT2D eigenvalue weighted by Crippen LogP contribution is -2.30. The molecular weight excluding hydrogens is 217 g/mol. The minimum Gasteiger partial charge on any atom is -0.365 e. The number of nitrogens with one attached hydrogen (secondary N) is 1. The second-order valence-corrected chi connectivity index (χ2v) is 4.75. The lowest BCUT2D eigenvalue weighted by molar-refractivity contribution is 0.545. The largest absolute Gasteiger partial charge is 0.365 e. The van der Waals surface area contributed by atoms with Crippen LogP contribution in [0.5, 0.6) is 0 Å². The van der Waals surface area contributed by atoms with Gasteiger partial charge in [-0.25, -0.2) is 14.4 Å². The lowest BCUT2D eigenvalue weighted by atomic mass is 10.0. The van der Waals surface area contributed by atoms with Crippen molar-refractivity contribution in [2.75, 3.05) is 5.32 Å². The minimum atomic E-state index is -0.273. The van der Waals surface area contributed by atoms with Gasteiger partial charge in [-0.1, -0.05) is 6.92 Å². The van der Waals surface area contributed by atoms with Crippen molar-refractivity contribution in [1.82, 2.24) is 9.97 Å². The first-order valence-electron chi connectivity index (χ1n) is 5.70. The molecule has 0 saturated heterocycles. The number of rotatable bonds is 3. The van der Waals surface area contributed by atoms with Crippen molar-refractivity contribution in [2.45, 2.75) is 32.7 Å². The first kappa shape index (κ1) is 11.8. The smallest absolute Gasteiger partial charge is 0.137 e. The molecule has 4 heteroatoms. The van der Waals surface area contributed by atoms with Crippen LogP contribution in [0.1, 0.15) is 27.2 Å². The van der Waals surface area contributed by atoms with Gasteiger partial charge in [0.2, 0.25) is 0 Å². The number of benzene rings is 1. The zero-order valence-electron chi connectivity index (χ0n) is 10.3. The molecule has 2 rings (SSSR count). The summed E-state index contributed by atoms with van der Waals surface area (Å²) < 4.78 is 13.2. The summed E-state index contributed by atoms with van der Waals surface area (Å²) in [5.74, 6) is 0.408. The van der Waals surface area contributed by atoms with Crippen molar-refractivity contribution in [2.24, 2.45) is 0 Å². The highest BCUT2D eigenvalue weighted by Gasteiger charge is 2.16. The van der Waals surface area contributed by atoms with E-state index in [4.69, 9.17) is 0 Å². The molecule has 1 heterocycles. The third-order valence-corrected chi connectivity index (χ3v) is 2.94. The highest BCUT2D eigenvalue weighted by molar-refractivity contribution is 5.88. The fourth-order valence-electron chi connectivity index (χ4n) is 1.54. The molecule has 0 bridgehead atoms. The van der Waals surface area contributed by atoms with Crippen LogP contribution in [-0.4, -0.2) is 15.5 Å². The Morgan fingerprint density at radius 3 is 2.76 bits per heavy atom. The number of halogens is 1. The average Bonchev–Trinajstić information content (AvgIpc) is 2.30. The zero-order chi connectivity index (χ0) is 12.5. The molecule has 0 aliphatic carbocycles. The summed E-state index contributed by atoms with van der Waals surface area (Å²) in [6.45, 7) is 6.26. The van der Waals surface area contributed by atoms with Crippen LogP contribution in [0.3, 0.4) is 0 Å². The van der Waals surface area contributed by atoms with Crippen LogP contribution in [0.25, 0.3) is 10.9 Å². The van der Waals surface area contributed by atoms with E-state index in [1.807, 2.05) is 0 Å². The molecule has 17 heavy (non-hydrogen) atoms. The maximum Gasteiger partial charge on any atom is 0.137 e. The Morgan fingerprint density at radius 2 is 2.06 bits per heavy atom. The van der Waals surface area contributed by atoms with Crippen LogP contribution < -0.4 is 5.32 Å². The Bertz CT molecular complexity index is 537. The number of nitrogens with zero attached hydrogens (tertiary/aromatic N) is 2. The molecule has 0 unspecified atom stereocenters. The molecule has 1 aromatic carbocycles. The number of anilines is 1. The second-order valence-electron chi connectivity index (χ2n) is 4.75. The second kappa shape index (κ2) is 4.28. The Hall–Kier alpha value is -1.71. The molecule has 90 valence electrons. The summed E-state index contributed by atoms with van der Waals surface area (Å²) in [5, 5.41) is 4.04. The predicted octanol–water partition coefficient (Wildman–Crippen LogP) is 3.37. The monoisotopic (exact) mass is 233 g/mol. The molecular formula is C13H16FN3. The summed E-state index contributed by atoms with van der Waals surface area (Å²) in [4.78, 5) is 8.31. The first-order chi connectivity index (χ1) is 8.02. The summed E-state index contributed by atoms with van der Waals surface area (Å²) in [6.07, 6.45) is 2.45. The van der Waals surface area contributed by atoms with Crippen LogP contribution in [0.4, 0.5) is 10.2 Å². The molecule has 3 nitrogen and oxygen atoms in total. The van der Waals surface area contributed by atoms with Crippen molar-refractivity contribution >= 4 is 16.7 Å². The molecule has 0 atom stereocenters. The van der Waals surface area contributed by atoms with Gasteiger partial charge in [0.25, 0.3) is 0 Å². The zero-order valence-corrected chi connectivity index (χ0v) is 10.3. The van der Waals surface area contributed by atoms with Gasteiger partial charge in [-0.15, -0.1) is 0 Å². The fourth-order valence-corrected chi connectivity index (χ4v) is 1.54. The number of aromatic nitrogens is 2. The van der Waals surface area contributed by atoms with E-state index in [9.17, 15) is 4.39 Å². The normalized spacial score (nSPS) is 11.8. The van der Waals surface area contributed by atoms with Crippen molar-refractivity contribution in [3.8, 4) is 0 Å². The fraction of sp³-hybridized carbons (Fsp3) is 0.385. The van der Waals surface area contributed by atoms with E-state index < -0.39 is 0 Å². The van der Waals surface area contributed by atoms with Crippen molar-refractivity contribution in [3.63, 3.8) is 0 Å². The van der Waals surface area contributed by atoms with E-state index in [0.29, 0.717) is 11.2 Å². The quantitative estimate of drug-likeness (QED) is 0.883. The first-order valence-corrected chi connectivity index (χ1v) is 5.70. The summed E-state index contributed by atoms with van der Waals surface area (Å²) in [6, 6.07) is 4.53. The van der Waals surface area contributed by atoms with Gasteiger partial charge in [-0.05, 0) is 38.5 Å². The molecule has 1 N–H and O–H groups in total. The van der Waals surface area contributed by atoms with Gasteiger partial charge in [-0.3, -0.25) is 0 Å². The Morgan fingerprint density at radius 1 is 1.29 bits per heavy atom. The van der Waals surface area contributed by atoms with Gasteiger partial charge < -0.3 is 5.32 Å². The Kier molecular flexibility index (Phi) is 2.96. The van der Waals surface area contributed by atoms with Crippen LogP contribution in [0.2, 0.25) is 0 Å². The van der Waals surface area contributed by atoms with E-state index in [-0.39, 0.29) is 11.4 Å². The van der Waals surface area contributed by atoms with Crippen molar-refractivity contribution in [3.05, 3.63) is 30.3 Å². The third kappa shape index (κ3) is 2.52. The molecule has 0 saturated carbocycles. The van der Waals surface area contributed by atoms with Gasteiger partial charge in [0.15, 0.2) is 0 Å². The summed E-state index contributed by atoms with van der Waals surface area (Å²) >= 11 is 0. The molecule has 0 spiro atoms. The van der Waals surface area contributed by atoms with E-state index in [1.165, 1.54) is 18.5 Å². The van der Waals surface area contributed by atoms with Crippen LogP contribution in [0, 0.1) is 5.82 Å². The van der Waals surface area contributed by atoms with Gasteiger partial charge in [0, 0.05) is 10.9 Å². The summed E-state index contributed by atoms with van der Waals surface area (Å²) in [7, 11) is 0. The molecule has 0 amide bonds. The van der Waals surface area contributed by atoms with E-state index in [1.54, 1.807) is 6.07 Å². The predicted molar refractivity (Wildman–Crippen MR) is 67.5 cm³/mol. The highest BCUT2D eigenvalue weighted by atomic mass is 19.1. The van der Waals surface area contributed by atoms with Gasteiger partial charge in [-0.2, -0.15) is 0 Å². The SMILES string of the molecule is CCC(C)(C)Nc1ncnc2ccc(F)cc12.